The molecule has 1 heterocycles. The van der Waals surface area contributed by atoms with Crippen LogP contribution in [0.15, 0.2) is 52.0 Å². The maximum Gasteiger partial charge on any atom is 0.251 e. The highest BCUT2D eigenvalue weighted by molar-refractivity contribution is 7.89. The molecular formula is C19H24N2O4S. The van der Waals surface area contributed by atoms with Gasteiger partial charge in [0.05, 0.1) is 17.7 Å². The first-order valence-electron chi connectivity index (χ1n) is 8.87. The Balaban J connectivity index is 1.61. The van der Waals surface area contributed by atoms with Gasteiger partial charge in [0.1, 0.15) is 5.76 Å². The van der Waals surface area contributed by atoms with Crippen LogP contribution < -0.4 is 10.0 Å². The topological polar surface area (TPSA) is 88.4 Å². The molecule has 2 atom stereocenters. The van der Waals surface area contributed by atoms with Crippen LogP contribution in [0.1, 0.15) is 48.7 Å². The van der Waals surface area contributed by atoms with E-state index in [9.17, 15) is 13.2 Å². The highest BCUT2D eigenvalue weighted by Gasteiger charge is 2.21. The number of furan rings is 1. The number of nitrogens with one attached hydrogen (secondary N) is 2. The van der Waals surface area contributed by atoms with Crippen molar-refractivity contribution < 1.29 is 17.6 Å². The highest BCUT2D eigenvalue weighted by Crippen LogP contribution is 2.23. The van der Waals surface area contributed by atoms with Crippen molar-refractivity contribution in [2.45, 2.75) is 50.1 Å². The summed E-state index contributed by atoms with van der Waals surface area (Å²) < 4.78 is 32.2. The summed E-state index contributed by atoms with van der Waals surface area (Å²) in [4.78, 5) is 12.5. The van der Waals surface area contributed by atoms with Crippen molar-refractivity contribution >= 4 is 15.9 Å². The SMILES string of the molecule is CC1CCCC(NC(=O)c2ccc(S(=O)(=O)NCc3ccco3)cc2)C1. The number of amides is 1. The number of hydrogen-bond acceptors (Lipinski definition) is 4. The molecule has 2 aromatic rings. The highest BCUT2D eigenvalue weighted by atomic mass is 32.2. The van der Waals surface area contributed by atoms with Gasteiger partial charge in [0.25, 0.3) is 5.91 Å². The van der Waals surface area contributed by atoms with Gasteiger partial charge in [-0.05, 0) is 55.2 Å². The molecule has 2 N–H and O–H groups in total. The van der Waals surface area contributed by atoms with Gasteiger partial charge in [-0.1, -0.05) is 19.8 Å². The van der Waals surface area contributed by atoms with Gasteiger partial charge in [0.2, 0.25) is 10.0 Å². The first kappa shape index (κ1) is 18.7. The Labute approximate surface area is 154 Å². The Hall–Kier alpha value is -2.12. The average molecular weight is 376 g/mol. The summed E-state index contributed by atoms with van der Waals surface area (Å²) in [7, 11) is -3.66. The smallest absolute Gasteiger partial charge is 0.251 e. The molecule has 26 heavy (non-hydrogen) atoms. The lowest BCUT2D eigenvalue weighted by Gasteiger charge is -2.27. The summed E-state index contributed by atoms with van der Waals surface area (Å²) in [5.74, 6) is 1.00. The second kappa shape index (κ2) is 8.05. The molecule has 1 aromatic carbocycles. The van der Waals surface area contributed by atoms with Gasteiger partial charge in [0.15, 0.2) is 0 Å². The molecule has 1 fully saturated rings. The lowest BCUT2D eigenvalue weighted by atomic mass is 9.87. The number of hydrogen-bond donors (Lipinski definition) is 2. The van der Waals surface area contributed by atoms with Gasteiger partial charge in [-0.15, -0.1) is 0 Å². The molecular weight excluding hydrogens is 352 g/mol. The van der Waals surface area contributed by atoms with Crippen molar-refractivity contribution in [3.8, 4) is 0 Å². The van der Waals surface area contributed by atoms with Crippen LogP contribution in [0.2, 0.25) is 0 Å². The molecule has 7 heteroatoms. The fraction of sp³-hybridized carbons (Fsp3) is 0.421. The van der Waals surface area contributed by atoms with Crippen LogP contribution in [0.25, 0.3) is 0 Å². The fourth-order valence-corrected chi connectivity index (χ4v) is 4.28. The quantitative estimate of drug-likeness (QED) is 0.811. The van der Waals surface area contributed by atoms with Crippen LogP contribution in [0.4, 0.5) is 0 Å². The maximum atomic E-state index is 12.4. The predicted molar refractivity (Wildman–Crippen MR) is 98.1 cm³/mol. The van der Waals surface area contributed by atoms with Crippen LogP contribution in [0.3, 0.4) is 0 Å². The van der Waals surface area contributed by atoms with Gasteiger partial charge in [-0.25, -0.2) is 13.1 Å². The summed E-state index contributed by atoms with van der Waals surface area (Å²) in [6, 6.07) is 9.58. The Bertz CT molecular complexity index is 829. The third-order valence-electron chi connectivity index (χ3n) is 4.71. The van der Waals surface area contributed by atoms with Crippen LogP contribution in [0.5, 0.6) is 0 Å². The Kier molecular flexibility index (Phi) is 5.78. The van der Waals surface area contributed by atoms with Crippen molar-refractivity contribution in [1.82, 2.24) is 10.0 Å². The standard InChI is InChI=1S/C19H24N2O4S/c1-14-4-2-5-16(12-14)21-19(22)15-7-9-18(10-8-15)26(23,24)20-13-17-6-3-11-25-17/h3,6-11,14,16,20H,2,4-5,12-13H2,1H3,(H,21,22). The van der Waals surface area contributed by atoms with Crippen molar-refractivity contribution in [2.24, 2.45) is 5.92 Å². The Morgan fingerprint density at radius 3 is 2.62 bits per heavy atom. The molecule has 0 bridgehead atoms. The van der Waals surface area contributed by atoms with E-state index in [2.05, 4.69) is 17.0 Å². The van der Waals surface area contributed by atoms with Crippen molar-refractivity contribution in [3.05, 3.63) is 54.0 Å². The van der Waals surface area contributed by atoms with Gasteiger partial charge < -0.3 is 9.73 Å². The summed E-state index contributed by atoms with van der Waals surface area (Å²) in [5.41, 5.74) is 0.466. The minimum atomic E-state index is -3.66. The molecule has 1 saturated carbocycles. The van der Waals surface area contributed by atoms with E-state index in [1.165, 1.54) is 24.8 Å². The van der Waals surface area contributed by atoms with Crippen molar-refractivity contribution in [3.63, 3.8) is 0 Å². The fourth-order valence-electron chi connectivity index (χ4n) is 3.28. The molecule has 1 aliphatic carbocycles. The van der Waals surface area contributed by atoms with E-state index in [1.54, 1.807) is 24.3 Å². The van der Waals surface area contributed by atoms with Crippen LogP contribution in [-0.4, -0.2) is 20.4 Å². The van der Waals surface area contributed by atoms with Crippen LogP contribution in [0, 0.1) is 5.92 Å². The van der Waals surface area contributed by atoms with E-state index in [1.807, 2.05) is 0 Å². The van der Waals surface area contributed by atoms with Crippen molar-refractivity contribution in [2.75, 3.05) is 0 Å². The molecule has 6 nitrogen and oxygen atoms in total. The minimum absolute atomic E-state index is 0.0808. The number of sulfonamides is 1. The van der Waals surface area contributed by atoms with E-state index >= 15 is 0 Å². The molecule has 0 aliphatic heterocycles. The first-order chi connectivity index (χ1) is 12.4. The summed E-state index contributed by atoms with van der Waals surface area (Å²) in [6.07, 6.45) is 5.83. The Morgan fingerprint density at radius 2 is 1.96 bits per heavy atom. The molecule has 0 spiro atoms. The molecule has 2 unspecified atom stereocenters. The maximum absolute atomic E-state index is 12.4. The van der Waals surface area contributed by atoms with Gasteiger partial charge in [-0.3, -0.25) is 4.79 Å². The number of benzene rings is 1. The predicted octanol–water partition coefficient (Wildman–Crippen LogP) is 3.07. The molecule has 1 aromatic heterocycles. The summed E-state index contributed by atoms with van der Waals surface area (Å²) in [5, 5.41) is 3.05. The monoisotopic (exact) mass is 376 g/mol. The number of carbonyl (C=O) groups is 1. The van der Waals surface area contributed by atoms with Crippen LogP contribution >= 0.6 is 0 Å². The molecule has 0 saturated heterocycles. The summed E-state index contributed by atoms with van der Waals surface area (Å²) >= 11 is 0. The zero-order valence-electron chi connectivity index (χ0n) is 14.8. The lowest BCUT2D eigenvalue weighted by Crippen LogP contribution is -2.38. The minimum Gasteiger partial charge on any atom is -0.468 e. The zero-order valence-corrected chi connectivity index (χ0v) is 15.6. The first-order valence-corrected chi connectivity index (χ1v) is 10.4. The summed E-state index contributed by atoms with van der Waals surface area (Å²) in [6.45, 7) is 2.28. The second-order valence-corrected chi connectivity index (χ2v) is 8.64. The van der Waals surface area contributed by atoms with E-state index in [-0.39, 0.29) is 23.4 Å². The van der Waals surface area contributed by atoms with Crippen LogP contribution in [-0.2, 0) is 16.6 Å². The van der Waals surface area contributed by atoms with E-state index in [4.69, 9.17) is 4.42 Å². The van der Waals surface area contributed by atoms with Crippen molar-refractivity contribution in [1.29, 1.82) is 0 Å². The molecule has 140 valence electrons. The van der Waals surface area contributed by atoms with Gasteiger partial charge in [0, 0.05) is 11.6 Å². The largest absolute Gasteiger partial charge is 0.468 e. The van der Waals surface area contributed by atoms with E-state index in [0.29, 0.717) is 17.2 Å². The third kappa shape index (κ3) is 4.74. The molecule has 3 rings (SSSR count). The van der Waals surface area contributed by atoms with E-state index in [0.717, 1.165) is 19.3 Å². The lowest BCUT2D eigenvalue weighted by molar-refractivity contribution is 0.0921. The number of rotatable bonds is 6. The molecule has 0 radical (unpaired) electrons. The molecule has 1 aliphatic rings. The third-order valence-corrected chi connectivity index (χ3v) is 6.13. The average Bonchev–Trinajstić information content (AvgIpc) is 3.14. The van der Waals surface area contributed by atoms with Gasteiger partial charge in [-0.2, -0.15) is 0 Å². The van der Waals surface area contributed by atoms with Gasteiger partial charge >= 0.3 is 0 Å². The number of carbonyl (C=O) groups excluding carboxylic acids is 1. The molecule has 1 amide bonds. The Morgan fingerprint density at radius 1 is 1.19 bits per heavy atom. The second-order valence-electron chi connectivity index (χ2n) is 6.87. The zero-order chi connectivity index (χ0) is 18.6. The van der Waals surface area contributed by atoms with E-state index < -0.39 is 10.0 Å². The normalized spacial score (nSPS) is 20.7.